The van der Waals surface area contributed by atoms with Crippen LogP contribution in [0.2, 0.25) is 0 Å². The molecule has 0 saturated heterocycles. The second kappa shape index (κ2) is 8.29. The number of nitrogens with one attached hydrogen (secondary N) is 2. The number of allylic oxidation sites excluding steroid dienone is 1. The Bertz CT molecular complexity index is 519. The third kappa shape index (κ3) is 5.54. The lowest BCUT2D eigenvalue weighted by molar-refractivity contribution is 0.520. The molecule has 0 aliphatic heterocycles. The van der Waals surface area contributed by atoms with Crippen LogP contribution >= 0.6 is 0 Å². The Labute approximate surface area is 111 Å². The zero-order chi connectivity index (χ0) is 14.1. The molecule has 0 saturated carbocycles. The van der Waals surface area contributed by atoms with Crippen molar-refractivity contribution in [2.45, 2.75) is 51.5 Å². The fraction of sp³-hybridized carbons (Fsp3) is 0.615. The Morgan fingerprint density at radius 1 is 0.895 bits per heavy atom. The maximum absolute atomic E-state index is 11.4. The van der Waals surface area contributed by atoms with Gasteiger partial charge in [0.15, 0.2) is 0 Å². The average molecular weight is 267 g/mol. The maximum Gasteiger partial charge on any atom is 0.333 e. The van der Waals surface area contributed by atoms with Gasteiger partial charge in [0, 0.05) is 6.54 Å². The van der Waals surface area contributed by atoms with E-state index in [1.54, 1.807) is 0 Å². The third-order valence-electron chi connectivity index (χ3n) is 2.97. The highest BCUT2D eigenvalue weighted by Crippen LogP contribution is 2.07. The summed E-state index contributed by atoms with van der Waals surface area (Å²) in [6, 6.07) is 0. The molecule has 2 N–H and O–H groups in total. The highest BCUT2D eigenvalue weighted by Gasteiger charge is 2.01. The predicted octanol–water partition coefficient (Wildman–Crippen LogP) is 1.14. The van der Waals surface area contributed by atoms with Gasteiger partial charge in [-0.2, -0.15) is 0 Å². The first-order valence-corrected chi connectivity index (χ1v) is 6.69. The van der Waals surface area contributed by atoms with Gasteiger partial charge in [0.05, 0.1) is 0 Å². The van der Waals surface area contributed by atoms with Crippen molar-refractivity contribution in [1.29, 1.82) is 0 Å². The fourth-order valence-corrected chi connectivity index (χ4v) is 1.92. The van der Waals surface area contributed by atoms with Crippen molar-refractivity contribution in [3.05, 3.63) is 44.1 Å². The van der Waals surface area contributed by atoms with Crippen LogP contribution < -0.4 is 17.1 Å². The lowest BCUT2D eigenvalue weighted by Crippen LogP contribution is -2.43. The van der Waals surface area contributed by atoms with Gasteiger partial charge in [-0.05, 0) is 19.3 Å². The van der Waals surface area contributed by atoms with E-state index in [1.165, 1.54) is 12.8 Å². The molecule has 0 aliphatic carbocycles. The van der Waals surface area contributed by atoms with Crippen molar-refractivity contribution < 1.29 is 0 Å². The van der Waals surface area contributed by atoms with Crippen molar-refractivity contribution >= 4 is 0 Å². The van der Waals surface area contributed by atoms with E-state index in [1.807, 2.05) is 16.0 Å². The van der Waals surface area contributed by atoms with E-state index in [4.69, 9.17) is 0 Å². The summed E-state index contributed by atoms with van der Waals surface area (Å²) in [4.78, 5) is 37.7. The molecule has 0 bridgehead atoms. The monoisotopic (exact) mass is 267 g/mol. The van der Waals surface area contributed by atoms with Gasteiger partial charge in [0.2, 0.25) is 0 Å². The number of H-pyrrole nitrogens is 2. The van der Waals surface area contributed by atoms with Gasteiger partial charge >= 0.3 is 17.1 Å². The molecule has 1 heterocycles. The standard InChI is InChI=1S/C13H21N3O3/c1-2-3-4-5-6-7-8-9-10-16-12(18)14-11(17)15-13(16)19/h2H,1,3-10H2,(H2,14,15,17,18,19). The molecule has 0 aromatic carbocycles. The van der Waals surface area contributed by atoms with E-state index in [0.29, 0.717) is 6.54 Å². The van der Waals surface area contributed by atoms with Crippen LogP contribution in [-0.2, 0) is 6.54 Å². The molecule has 6 heteroatoms. The summed E-state index contributed by atoms with van der Waals surface area (Å²) in [5, 5.41) is 0. The van der Waals surface area contributed by atoms with Crippen LogP contribution in [0.4, 0.5) is 0 Å². The minimum absolute atomic E-state index is 0.345. The van der Waals surface area contributed by atoms with Crippen molar-refractivity contribution in [2.75, 3.05) is 0 Å². The average Bonchev–Trinajstić information content (AvgIpc) is 2.35. The number of hydrogen-bond donors (Lipinski definition) is 2. The Balaban J connectivity index is 2.27. The molecule has 106 valence electrons. The SMILES string of the molecule is C=CCCCCCCCCn1c(=O)[nH]c(=O)[nH]c1=O. The minimum atomic E-state index is -0.756. The summed E-state index contributed by atoms with van der Waals surface area (Å²) in [5.74, 6) is 0. The molecule has 0 amide bonds. The molecule has 6 nitrogen and oxygen atoms in total. The first kappa shape index (κ1) is 15.2. The zero-order valence-corrected chi connectivity index (χ0v) is 11.1. The Kier molecular flexibility index (Phi) is 6.63. The molecule has 1 rings (SSSR count). The first-order chi connectivity index (χ1) is 9.15. The highest BCUT2D eigenvalue weighted by molar-refractivity contribution is 4.69. The number of aromatic nitrogens is 3. The van der Waals surface area contributed by atoms with Gasteiger partial charge in [0.25, 0.3) is 0 Å². The summed E-state index contributed by atoms with van der Waals surface area (Å²) in [5.41, 5.74) is -2.03. The van der Waals surface area contributed by atoms with Gasteiger partial charge in [-0.25, -0.2) is 19.0 Å². The fourth-order valence-electron chi connectivity index (χ4n) is 1.92. The summed E-state index contributed by atoms with van der Waals surface area (Å²) in [7, 11) is 0. The quantitative estimate of drug-likeness (QED) is 0.519. The Morgan fingerprint density at radius 2 is 1.42 bits per heavy atom. The molecular formula is C13H21N3O3. The van der Waals surface area contributed by atoms with Gasteiger partial charge in [-0.1, -0.05) is 31.8 Å². The van der Waals surface area contributed by atoms with Crippen LogP contribution in [0.3, 0.4) is 0 Å². The Morgan fingerprint density at radius 3 is 2.00 bits per heavy atom. The lowest BCUT2D eigenvalue weighted by atomic mass is 10.1. The van der Waals surface area contributed by atoms with Crippen molar-refractivity contribution in [3.63, 3.8) is 0 Å². The van der Waals surface area contributed by atoms with Crippen molar-refractivity contribution in [3.8, 4) is 0 Å². The predicted molar refractivity (Wildman–Crippen MR) is 74.5 cm³/mol. The summed E-state index contributed by atoms with van der Waals surface area (Å²) < 4.78 is 1.03. The van der Waals surface area contributed by atoms with Gasteiger partial charge < -0.3 is 0 Å². The number of rotatable bonds is 9. The molecule has 0 unspecified atom stereocenters. The molecule has 0 atom stereocenters. The second-order valence-corrected chi connectivity index (χ2v) is 4.54. The molecule has 0 fully saturated rings. The number of hydrogen-bond acceptors (Lipinski definition) is 3. The van der Waals surface area contributed by atoms with Crippen molar-refractivity contribution in [1.82, 2.24) is 14.5 Å². The molecule has 0 aliphatic rings. The van der Waals surface area contributed by atoms with Crippen LogP contribution in [0, 0.1) is 0 Å². The molecule has 0 spiro atoms. The van der Waals surface area contributed by atoms with Gasteiger partial charge in [-0.3, -0.25) is 9.97 Å². The van der Waals surface area contributed by atoms with Gasteiger partial charge in [-0.15, -0.1) is 6.58 Å². The largest absolute Gasteiger partial charge is 0.333 e. The normalized spacial score (nSPS) is 10.5. The van der Waals surface area contributed by atoms with E-state index in [9.17, 15) is 14.4 Å². The molecule has 1 aromatic heterocycles. The smallest absolute Gasteiger partial charge is 0.259 e. The second-order valence-electron chi connectivity index (χ2n) is 4.54. The van der Waals surface area contributed by atoms with Crippen LogP contribution in [0.15, 0.2) is 27.0 Å². The summed E-state index contributed by atoms with van der Waals surface area (Å²) >= 11 is 0. The number of aromatic amines is 2. The van der Waals surface area contributed by atoms with Gasteiger partial charge in [0.1, 0.15) is 0 Å². The summed E-state index contributed by atoms with van der Waals surface area (Å²) in [6.07, 6.45) is 9.32. The van der Waals surface area contributed by atoms with E-state index in [-0.39, 0.29) is 0 Å². The van der Waals surface area contributed by atoms with E-state index < -0.39 is 17.1 Å². The first-order valence-electron chi connectivity index (χ1n) is 6.69. The van der Waals surface area contributed by atoms with Crippen LogP contribution in [-0.4, -0.2) is 14.5 Å². The summed E-state index contributed by atoms with van der Waals surface area (Å²) in [6.45, 7) is 4.02. The number of nitrogens with zero attached hydrogens (tertiary/aromatic N) is 1. The highest BCUT2D eigenvalue weighted by atomic mass is 16.2. The zero-order valence-electron chi connectivity index (χ0n) is 11.1. The molecule has 0 radical (unpaired) electrons. The molecular weight excluding hydrogens is 246 g/mol. The van der Waals surface area contributed by atoms with E-state index >= 15 is 0 Å². The van der Waals surface area contributed by atoms with Crippen LogP contribution in [0.25, 0.3) is 0 Å². The van der Waals surface area contributed by atoms with Crippen LogP contribution in [0.5, 0.6) is 0 Å². The van der Waals surface area contributed by atoms with Crippen LogP contribution in [0.1, 0.15) is 44.9 Å². The maximum atomic E-state index is 11.4. The Hall–Kier alpha value is -1.85. The van der Waals surface area contributed by atoms with E-state index in [0.717, 1.165) is 36.7 Å². The van der Waals surface area contributed by atoms with Crippen molar-refractivity contribution in [2.24, 2.45) is 0 Å². The third-order valence-corrected chi connectivity index (χ3v) is 2.97. The number of unbranched alkanes of at least 4 members (excludes halogenated alkanes) is 6. The topological polar surface area (TPSA) is 87.7 Å². The molecule has 19 heavy (non-hydrogen) atoms. The lowest BCUT2D eigenvalue weighted by Gasteiger charge is -2.03. The van der Waals surface area contributed by atoms with E-state index in [2.05, 4.69) is 6.58 Å². The molecule has 1 aromatic rings. The minimum Gasteiger partial charge on any atom is -0.259 e.